The van der Waals surface area contributed by atoms with E-state index in [-0.39, 0.29) is 17.9 Å². The molecule has 2 fully saturated rings. The van der Waals surface area contributed by atoms with Gasteiger partial charge >= 0.3 is 0 Å². The molecule has 2 heterocycles. The van der Waals surface area contributed by atoms with Gasteiger partial charge in [0.1, 0.15) is 6.04 Å². The number of amides is 2. The van der Waals surface area contributed by atoms with Crippen LogP contribution in [-0.4, -0.2) is 53.8 Å². The van der Waals surface area contributed by atoms with Crippen molar-refractivity contribution in [2.24, 2.45) is 0 Å². The van der Waals surface area contributed by atoms with Gasteiger partial charge in [0.25, 0.3) is 5.91 Å². The number of nitrogens with zero attached hydrogens (tertiary/aromatic N) is 2. The smallest absolute Gasteiger partial charge is 0.264 e. The average molecular weight is 384 g/mol. The molecule has 1 atom stereocenters. The standard InChI is InChI=1S/C21H25N3O2S/c1-15-7-10-18(27-15)21(26)24-13-11-23(12-14-24)19(16-5-3-2-4-6-16)20(25)22-17-8-9-17/h2-7,10,17,19H,8-9,11-14H2,1H3,(H,22,25). The minimum absolute atomic E-state index is 0.0809. The summed E-state index contributed by atoms with van der Waals surface area (Å²) in [4.78, 5) is 31.6. The Kier molecular flexibility index (Phi) is 5.27. The molecular formula is C21H25N3O2S. The maximum absolute atomic E-state index is 12.9. The normalized spacial score (nSPS) is 18.9. The Morgan fingerprint density at radius 3 is 2.33 bits per heavy atom. The summed E-state index contributed by atoms with van der Waals surface area (Å²) < 4.78 is 0. The van der Waals surface area contributed by atoms with Crippen LogP contribution >= 0.6 is 11.3 Å². The zero-order valence-electron chi connectivity index (χ0n) is 15.6. The number of rotatable bonds is 5. The number of benzene rings is 1. The Bertz CT molecular complexity index is 808. The molecule has 1 N–H and O–H groups in total. The van der Waals surface area contributed by atoms with Gasteiger partial charge in [-0.05, 0) is 37.5 Å². The maximum atomic E-state index is 12.9. The van der Waals surface area contributed by atoms with E-state index in [1.807, 2.05) is 54.3 Å². The number of aryl methyl sites for hydroxylation is 1. The lowest BCUT2D eigenvalue weighted by Gasteiger charge is -2.38. The number of nitrogens with one attached hydrogen (secondary N) is 1. The SMILES string of the molecule is Cc1ccc(C(=O)N2CCN(C(C(=O)NC3CC3)c3ccccc3)CC2)s1. The summed E-state index contributed by atoms with van der Waals surface area (Å²) in [5.41, 5.74) is 1.02. The zero-order chi connectivity index (χ0) is 18.8. The first-order valence-electron chi connectivity index (χ1n) is 9.57. The monoisotopic (exact) mass is 383 g/mol. The molecule has 2 aliphatic rings. The fourth-order valence-corrected chi connectivity index (χ4v) is 4.40. The highest BCUT2D eigenvalue weighted by Gasteiger charge is 2.34. The average Bonchev–Trinajstić information content (AvgIpc) is 3.39. The molecule has 6 heteroatoms. The minimum Gasteiger partial charge on any atom is -0.352 e. The number of carbonyl (C=O) groups excluding carboxylic acids is 2. The van der Waals surface area contributed by atoms with Crippen LogP contribution in [0.25, 0.3) is 0 Å². The van der Waals surface area contributed by atoms with Crippen molar-refractivity contribution < 1.29 is 9.59 Å². The second kappa shape index (κ2) is 7.82. The molecule has 1 unspecified atom stereocenters. The zero-order valence-corrected chi connectivity index (χ0v) is 16.4. The van der Waals surface area contributed by atoms with Gasteiger partial charge in [-0.2, -0.15) is 0 Å². The molecule has 5 nitrogen and oxygen atoms in total. The van der Waals surface area contributed by atoms with Crippen LogP contribution in [-0.2, 0) is 4.79 Å². The number of piperazine rings is 1. The van der Waals surface area contributed by atoms with Crippen LogP contribution in [0.3, 0.4) is 0 Å². The Hall–Kier alpha value is -2.18. The molecule has 0 radical (unpaired) electrons. The molecule has 4 rings (SSSR count). The van der Waals surface area contributed by atoms with Crippen molar-refractivity contribution in [3.8, 4) is 0 Å². The van der Waals surface area contributed by atoms with Gasteiger partial charge in [-0.1, -0.05) is 30.3 Å². The molecule has 142 valence electrons. The lowest BCUT2D eigenvalue weighted by molar-refractivity contribution is -0.127. The van der Waals surface area contributed by atoms with E-state index in [0.29, 0.717) is 32.2 Å². The molecule has 1 aliphatic carbocycles. The van der Waals surface area contributed by atoms with E-state index in [1.54, 1.807) is 11.3 Å². The van der Waals surface area contributed by atoms with E-state index >= 15 is 0 Å². The van der Waals surface area contributed by atoms with Crippen molar-refractivity contribution in [2.45, 2.75) is 31.8 Å². The fraction of sp³-hybridized carbons (Fsp3) is 0.429. The summed E-state index contributed by atoms with van der Waals surface area (Å²) in [7, 11) is 0. The summed E-state index contributed by atoms with van der Waals surface area (Å²) in [6, 6.07) is 13.9. The van der Waals surface area contributed by atoms with Crippen LogP contribution in [0.4, 0.5) is 0 Å². The molecule has 1 saturated carbocycles. The molecule has 1 aromatic heterocycles. The van der Waals surface area contributed by atoms with E-state index in [9.17, 15) is 9.59 Å². The summed E-state index contributed by atoms with van der Waals surface area (Å²) in [5, 5.41) is 3.15. The number of carbonyl (C=O) groups is 2. The highest BCUT2D eigenvalue weighted by Crippen LogP contribution is 2.26. The third kappa shape index (κ3) is 4.22. The third-order valence-electron chi connectivity index (χ3n) is 5.21. The molecule has 0 bridgehead atoms. The van der Waals surface area contributed by atoms with E-state index in [2.05, 4.69) is 10.2 Å². The van der Waals surface area contributed by atoms with Gasteiger partial charge in [0.15, 0.2) is 0 Å². The molecule has 1 aliphatic heterocycles. The van der Waals surface area contributed by atoms with E-state index < -0.39 is 0 Å². The van der Waals surface area contributed by atoms with Crippen LogP contribution in [0.5, 0.6) is 0 Å². The van der Waals surface area contributed by atoms with Crippen molar-refractivity contribution in [3.63, 3.8) is 0 Å². The summed E-state index contributed by atoms with van der Waals surface area (Å²) in [5.74, 6) is 0.184. The number of thiophene rings is 1. The summed E-state index contributed by atoms with van der Waals surface area (Å²) in [6.45, 7) is 4.72. The van der Waals surface area contributed by atoms with Crippen molar-refractivity contribution in [3.05, 3.63) is 57.8 Å². The van der Waals surface area contributed by atoms with Gasteiger partial charge in [0.05, 0.1) is 4.88 Å². The topological polar surface area (TPSA) is 52.7 Å². The van der Waals surface area contributed by atoms with E-state index in [1.165, 1.54) is 0 Å². The Morgan fingerprint density at radius 2 is 1.74 bits per heavy atom. The van der Waals surface area contributed by atoms with Crippen LogP contribution in [0, 0.1) is 6.92 Å². The third-order valence-corrected chi connectivity index (χ3v) is 6.19. The van der Waals surface area contributed by atoms with Crippen molar-refractivity contribution in [2.75, 3.05) is 26.2 Å². The first-order valence-corrected chi connectivity index (χ1v) is 10.4. The lowest BCUT2D eigenvalue weighted by Crippen LogP contribution is -2.52. The Balaban J connectivity index is 1.44. The first-order chi connectivity index (χ1) is 13.1. The molecule has 1 saturated heterocycles. The van der Waals surface area contributed by atoms with Crippen LogP contribution in [0.15, 0.2) is 42.5 Å². The van der Waals surface area contributed by atoms with Gasteiger partial charge < -0.3 is 10.2 Å². The van der Waals surface area contributed by atoms with Crippen LogP contribution in [0.2, 0.25) is 0 Å². The predicted molar refractivity (Wildman–Crippen MR) is 107 cm³/mol. The van der Waals surface area contributed by atoms with E-state index in [0.717, 1.165) is 28.2 Å². The number of hydrogen-bond donors (Lipinski definition) is 1. The number of hydrogen-bond acceptors (Lipinski definition) is 4. The quantitative estimate of drug-likeness (QED) is 0.864. The molecule has 0 spiro atoms. The Labute approximate surface area is 164 Å². The minimum atomic E-state index is -0.284. The van der Waals surface area contributed by atoms with E-state index in [4.69, 9.17) is 0 Å². The second-order valence-corrected chi connectivity index (χ2v) is 8.62. The van der Waals surface area contributed by atoms with Crippen molar-refractivity contribution in [1.82, 2.24) is 15.1 Å². The van der Waals surface area contributed by atoms with Crippen molar-refractivity contribution >= 4 is 23.2 Å². The van der Waals surface area contributed by atoms with Gasteiger partial charge in [0.2, 0.25) is 5.91 Å². The molecular weight excluding hydrogens is 358 g/mol. The van der Waals surface area contributed by atoms with Crippen LogP contribution < -0.4 is 5.32 Å². The maximum Gasteiger partial charge on any atom is 0.264 e. The predicted octanol–water partition coefficient (Wildman–Crippen LogP) is 2.83. The van der Waals surface area contributed by atoms with Gasteiger partial charge in [-0.25, -0.2) is 0 Å². The fourth-order valence-electron chi connectivity index (χ4n) is 3.56. The molecule has 27 heavy (non-hydrogen) atoms. The molecule has 1 aromatic carbocycles. The van der Waals surface area contributed by atoms with Crippen LogP contribution in [0.1, 0.15) is 39.0 Å². The molecule has 2 aromatic rings. The largest absolute Gasteiger partial charge is 0.352 e. The highest BCUT2D eigenvalue weighted by atomic mass is 32.1. The van der Waals surface area contributed by atoms with Crippen molar-refractivity contribution in [1.29, 1.82) is 0 Å². The van der Waals surface area contributed by atoms with Gasteiger partial charge in [0, 0.05) is 37.1 Å². The van der Waals surface area contributed by atoms with Gasteiger partial charge in [-0.15, -0.1) is 11.3 Å². The first kappa shape index (κ1) is 18.2. The van der Waals surface area contributed by atoms with Gasteiger partial charge in [-0.3, -0.25) is 14.5 Å². The summed E-state index contributed by atoms with van der Waals surface area (Å²) >= 11 is 1.54. The Morgan fingerprint density at radius 1 is 1.04 bits per heavy atom. The highest BCUT2D eigenvalue weighted by molar-refractivity contribution is 7.13. The summed E-state index contributed by atoms with van der Waals surface area (Å²) in [6.07, 6.45) is 2.16. The lowest BCUT2D eigenvalue weighted by atomic mass is 10.0. The molecule has 2 amide bonds. The second-order valence-electron chi connectivity index (χ2n) is 7.33.